The number of hydrogen-bond donors (Lipinski definition) is 0. The lowest BCUT2D eigenvalue weighted by atomic mass is 9.78. The van der Waals surface area contributed by atoms with E-state index in [1.54, 1.807) is 42.5 Å². The first-order valence-corrected chi connectivity index (χ1v) is 20.6. The Bertz CT molecular complexity index is 1820. The molecule has 3 aliphatic heterocycles. The van der Waals surface area contributed by atoms with E-state index < -0.39 is 25.4 Å². The molecule has 0 atom stereocenters. The summed E-state index contributed by atoms with van der Waals surface area (Å²) < 4.78 is 73.5. The minimum atomic E-state index is -0.586. The third-order valence-electron chi connectivity index (χ3n) is 11.0. The molecule has 60 heavy (non-hydrogen) atoms. The maximum absolute atomic E-state index is 12.9. The van der Waals surface area contributed by atoms with Crippen LogP contribution in [0.3, 0.4) is 0 Å². The van der Waals surface area contributed by atoms with Crippen LogP contribution in [0.2, 0.25) is 0 Å². The number of allylic oxidation sites excluding steroid dienone is 1. The van der Waals surface area contributed by atoms with Crippen molar-refractivity contribution in [2.24, 2.45) is 0 Å². The van der Waals surface area contributed by atoms with Crippen molar-refractivity contribution in [1.29, 1.82) is 0 Å². The molecule has 15 heteroatoms. The smallest absolute Gasteiger partial charge is 0.400 e. The molecule has 3 heterocycles. The Morgan fingerprint density at radius 1 is 0.533 bits per heavy atom. The molecule has 3 fully saturated rings. The predicted molar refractivity (Wildman–Crippen MR) is 245 cm³/mol. The van der Waals surface area contributed by atoms with Gasteiger partial charge < -0.3 is 27.9 Å². The van der Waals surface area contributed by atoms with Crippen LogP contribution >= 0.6 is 34.8 Å². The zero-order valence-electron chi connectivity index (χ0n) is 36.2. The Kier molecular flexibility index (Phi) is 19.2. The quantitative estimate of drug-likeness (QED) is 0.148. The highest BCUT2D eigenvalue weighted by atomic mass is 35.5. The van der Waals surface area contributed by atoms with Gasteiger partial charge in [-0.2, -0.15) is 0 Å². The highest BCUT2D eigenvalue weighted by molar-refractivity contribution is 6.71. The van der Waals surface area contributed by atoms with Crippen LogP contribution in [-0.4, -0.2) is 60.3 Å². The average molecular weight is 892 g/mol. The van der Waals surface area contributed by atoms with E-state index in [0.717, 1.165) is 22.2 Å². The minimum Gasteiger partial charge on any atom is -0.400 e. The summed E-state index contributed by atoms with van der Waals surface area (Å²) in [5, 5.41) is 0.194. The lowest BCUT2D eigenvalue weighted by Gasteiger charge is -2.32. The summed E-state index contributed by atoms with van der Waals surface area (Å²) in [6.07, 6.45) is 3.69. The maximum atomic E-state index is 12.9. The monoisotopic (exact) mass is 890 g/mol. The van der Waals surface area contributed by atoms with E-state index >= 15 is 0 Å². The van der Waals surface area contributed by atoms with Gasteiger partial charge in [0, 0.05) is 10.5 Å². The highest BCUT2D eigenvalue weighted by Crippen LogP contribution is 2.40. The molecule has 3 saturated heterocycles. The van der Waals surface area contributed by atoms with Crippen LogP contribution in [0.25, 0.3) is 12.2 Å². The number of alkyl halides is 2. The number of benzene rings is 3. The van der Waals surface area contributed by atoms with Gasteiger partial charge in [-0.3, -0.25) is 0 Å². The van der Waals surface area contributed by atoms with Gasteiger partial charge in [-0.25, -0.2) is 13.2 Å². The molecule has 0 radical (unpaired) electrons. The summed E-state index contributed by atoms with van der Waals surface area (Å²) in [6.45, 7) is 25.9. The van der Waals surface area contributed by atoms with Crippen LogP contribution in [0, 0.1) is 29.2 Å². The molecule has 0 aliphatic carbocycles. The van der Waals surface area contributed by atoms with E-state index in [0.29, 0.717) is 4.93 Å². The van der Waals surface area contributed by atoms with E-state index in [1.807, 2.05) is 96.1 Å². The van der Waals surface area contributed by atoms with E-state index in [9.17, 15) is 13.2 Å². The molecule has 0 saturated carbocycles. The zero-order chi connectivity index (χ0) is 44.6. The van der Waals surface area contributed by atoms with E-state index in [2.05, 4.69) is 11.7 Å². The fourth-order valence-corrected chi connectivity index (χ4v) is 5.45. The SMILES string of the molecule is C.C/C(=C/c1ccc(F)cc1)B1OC(C)(C)C(C)(C)O1.CC1(C)OB(/C(Cl)=C\c2ccc(F)cc2)OC1(C)C.CC1(C)OB(C#Cc2ccc(F)cc2)OC1(C)C.ClCCl. The third-order valence-corrected chi connectivity index (χ3v) is 11.3. The van der Waals surface area contributed by atoms with Gasteiger partial charge in [0.25, 0.3) is 0 Å². The first-order valence-electron chi connectivity index (χ1n) is 19.2. The van der Waals surface area contributed by atoms with E-state index in [-0.39, 0.29) is 59.7 Å². The molecule has 3 aromatic rings. The van der Waals surface area contributed by atoms with Crippen LogP contribution in [-0.2, 0) is 27.9 Å². The van der Waals surface area contributed by atoms with Crippen molar-refractivity contribution >= 4 is 68.3 Å². The Morgan fingerprint density at radius 2 is 0.833 bits per heavy atom. The van der Waals surface area contributed by atoms with Crippen molar-refractivity contribution < 1.29 is 41.1 Å². The largest absolute Gasteiger partial charge is 0.551 e. The first-order chi connectivity index (χ1) is 27.1. The van der Waals surface area contributed by atoms with Crippen LogP contribution in [0.5, 0.6) is 0 Å². The second-order valence-electron chi connectivity index (χ2n) is 17.2. The number of rotatable bonds is 4. The molecule has 6 nitrogen and oxygen atoms in total. The van der Waals surface area contributed by atoms with Crippen LogP contribution < -0.4 is 0 Å². The summed E-state index contributed by atoms with van der Waals surface area (Å²) in [6, 6.07) is 18.5. The van der Waals surface area contributed by atoms with Gasteiger partial charge in [0.05, 0.1) is 38.9 Å². The van der Waals surface area contributed by atoms with Gasteiger partial charge in [0.1, 0.15) is 17.5 Å². The summed E-state index contributed by atoms with van der Waals surface area (Å²) in [7, 11) is -1.48. The fraction of sp³-hybridized carbons (Fsp3) is 0.467. The second kappa shape index (κ2) is 21.6. The standard InChI is InChI=1S/C15H20BFO2.C14H17BClFO2.C14H16BFO2.CH2Cl2.CH4/c1-11(10-12-6-8-13(17)9-7-12)16-18-14(2,3)15(4,5)19-16;1-13(2)14(3,4)19-15(18-13)12(16)9-10-5-7-11(17)8-6-10;1-13(2)14(3,4)18-15(17-13)10-9-11-5-7-12(16)8-6-11;2-1-3;/h6-10H,1-5H3;5-9H,1-4H3;5-8H,1-4H3;1H2;1H4/b11-10-;12-9+;;;. The normalized spacial score (nSPS) is 20.2. The van der Waals surface area contributed by atoms with Gasteiger partial charge in [-0.1, -0.05) is 61.1 Å². The summed E-state index contributed by atoms with van der Waals surface area (Å²) in [4.78, 5) is 0.449. The van der Waals surface area contributed by atoms with E-state index in [1.165, 1.54) is 36.4 Å². The molecule has 0 spiro atoms. The molecule has 3 aliphatic rings. The maximum Gasteiger partial charge on any atom is 0.551 e. The molecule has 0 aromatic heterocycles. The summed E-state index contributed by atoms with van der Waals surface area (Å²) in [5.41, 5.74) is 1.18. The van der Waals surface area contributed by atoms with Crippen molar-refractivity contribution in [3.05, 3.63) is 117 Å². The molecular formula is C45H59B3Cl3F3O6. The Morgan fingerprint density at radius 3 is 1.20 bits per heavy atom. The van der Waals surface area contributed by atoms with Crippen LogP contribution in [0.4, 0.5) is 13.2 Å². The number of hydrogen-bond acceptors (Lipinski definition) is 6. The topological polar surface area (TPSA) is 55.4 Å². The van der Waals surface area contributed by atoms with Gasteiger partial charge in [0.15, 0.2) is 0 Å². The van der Waals surface area contributed by atoms with Gasteiger partial charge in [-0.15, -0.1) is 23.2 Å². The number of halogens is 6. The summed E-state index contributed by atoms with van der Waals surface area (Å²) in [5.74, 6) is 5.06. The molecule has 3 aromatic carbocycles. The van der Waals surface area contributed by atoms with Gasteiger partial charge >= 0.3 is 21.4 Å². The van der Waals surface area contributed by atoms with Gasteiger partial charge in [-0.05, 0) is 161 Å². The van der Waals surface area contributed by atoms with Crippen LogP contribution in [0.1, 0.15) is 114 Å². The molecule has 0 N–H and O–H groups in total. The summed E-state index contributed by atoms with van der Waals surface area (Å²) >= 11 is 15.8. The molecule has 0 unspecified atom stereocenters. The van der Waals surface area contributed by atoms with Crippen LogP contribution in [0.15, 0.2) is 83.2 Å². The van der Waals surface area contributed by atoms with Crippen molar-refractivity contribution in [3.63, 3.8) is 0 Å². The predicted octanol–water partition coefficient (Wildman–Crippen LogP) is 12.8. The lowest BCUT2D eigenvalue weighted by molar-refractivity contribution is 0.00578. The molecule has 6 rings (SSSR count). The average Bonchev–Trinajstić information content (AvgIpc) is 3.59. The minimum absolute atomic E-state index is 0. The Hall–Kier alpha value is -2.69. The van der Waals surface area contributed by atoms with Crippen molar-refractivity contribution in [2.75, 3.05) is 5.34 Å². The van der Waals surface area contributed by atoms with Crippen molar-refractivity contribution in [1.82, 2.24) is 0 Å². The fourth-order valence-electron chi connectivity index (χ4n) is 5.24. The van der Waals surface area contributed by atoms with Gasteiger partial charge in [0.2, 0.25) is 0 Å². The second-order valence-corrected chi connectivity index (χ2v) is 18.4. The lowest BCUT2D eigenvalue weighted by Crippen LogP contribution is -2.41. The first kappa shape index (κ1) is 53.5. The highest BCUT2D eigenvalue weighted by Gasteiger charge is 2.53. The molecule has 0 bridgehead atoms. The third kappa shape index (κ3) is 14.7. The molecule has 326 valence electrons. The van der Waals surface area contributed by atoms with E-state index in [4.69, 9.17) is 62.7 Å². The van der Waals surface area contributed by atoms with Crippen molar-refractivity contribution in [3.8, 4) is 11.7 Å². The molecule has 0 amide bonds. The van der Waals surface area contributed by atoms with Crippen molar-refractivity contribution in [2.45, 2.75) is 131 Å². The zero-order valence-corrected chi connectivity index (χ0v) is 38.5. The molecular weight excluding hydrogens is 832 g/mol. The Labute approximate surface area is 373 Å². The Balaban J connectivity index is 0.000000297.